The number of carbonyl (C=O) groups is 2. The molecule has 0 bridgehead atoms. The second-order valence-electron chi connectivity index (χ2n) is 12.0. The van der Waals surface area contributed by atoms with Crippen LogP contribution in [0.2, 0.25) is 0 Å². The van der Waals surface area contributed by atoms with Gasteiger partial charge in [0.05, 0.1) is 18.8 Å². The minimum Gasteiger partial charge on any atom is -0.392 e. The van der Waals surface area contributed by atoms with Crippen molar-refractivity contribution in [1.82, 2.24) is 15.1 Å². The first-order valence-corrected chi connectivity index (χ1v) is 15.7. The SMILES string of the molecule is C=CCN(C)CC1CC(c2ccc(CO)cc2)OC(c2ccc(-c3ccccc3CNC(=O)C3CCCN3C(=O)C(F)(F)F)cc2)O1. The molecule has 3 aromatic rings. The molecule has 3 aromatic carbocycles. The summed E-state index contributed by atoms with van der Waals surface area (Å²) in [6.45, 7) is 5.20. The number of halogens is 3. The van der Waals surface area contributed by atoms with Crippen molar-refractivity contribution in [1.29, 1.82) is 0 Å². The highest BCUT2D eigenvalue weighted by Crippen LogP contribution is 2.39. The van der Waals surface area contributed by atoms with E-state index in [9.17, 15) is 27.9 Å². The molecular weight excluding hydrogens is 611 g/mol. The number of likely N-dealkylation sites (N-methyl/N-ethyl adjacent to an activating group) is 1. The van der Waals surface area contributed by atoms with Gasteiger partial charge in [0.25, 0.3) is 0 Å². The Morgan fingerprint density at radius 3 is 2.43 bits per heavy atom. The lowest BCUT2D eigenvalue weighted by Gasteiger charge is -2.37. The summed E-state index contributed by atoms with van der Waals surface area (Å²) in [5.74, 6) is -2.59. The number of carbonyl (C=O) groups excluding carboxylic acids is 2. The molecule has 4 unspecified atom stereocenters. The number of hydrogen-bond donors (Lipinski definition) is 2. The molecule has 8 nitrogen and oxygen atoms in total. The van der Waals surface area contributed by atoms with Crippen LogP contribution in [0.1, 0.15) is 53.9 Å². The predicted octanol–water partition coefficient (Wildman–Crippen LogP) is 5.68. The summed E-state index contributed by atoms with van der Waals surface area (Å²) < 4.78 is 52.0. The van der Waals surface area contributed by atoms with Crippen LogP contribution >= 0.6 is 0 Å². The molecule has 0 spiro atoms. The van der Waals surface area contributed by atoms with Crippen molar-refractivity contribution < 1.29 is 37.3 Å². The van der Waals surface area contributed by atoms with Gasteiger partial charge in [0.15, 0.2) is 6.29 Å². The van der Waals surface area contributed by atoms with E-state index in [-0.39, 0.29) is 38.3 Å². The molecule has 0 saturated carbocycles. The number of aliphatic hydroxyl groups is 1. The van der Waals surface area contributed by atoms with Crippen LogP contribution < -0.4 is 5.32 Å². The number of ether oxygens (including phenoxy) is 2. The molecule has 4 atom stereocenters. The Balaban J connectivity index is 1.30. The van der Waals surface area contributed by atoms with E-state index in [2.05, 4.69) is 16.8 Å². The number of aliphatic hydroxyl groups excluding tert-OH is 1. The second-order valence-corrected chi connectivity index (χ2v) is 12.0. The first-order valence-electron chi connectivity index (χ1n) is 15.7. The van der Waals surface area contributed by atoms with Crippen LogP contribution in [0.3, 0.4) is 0 Å². The summed E-state index contributed by atoms with van der Waals surface area (Å²) >= 11 is 0. The summed E-state index contributed by atoms with van der Waals surface area (Å²) in [6, 6.07) is 21.8. The number of alkyl halides is 3. The Bertz CT molecular complexity index is 1530. The fourth-order valence-corrected chi connectivity index (χ4v) is 6.20. The standard InChI is InChI=1S/C36H40F3N3O5/c1-3-18-41(2)22-29-20-32(26-12-10-24(23-43)11-13-26)47-34(46-29)27-16-14-25(15-17-27)30-8-5-4-7-28(30)21-40-33(44)31-9-6-19-42(31)35(45)36(37,38)39/h3-5,7-8,10-17,29,31-32,34,43H,1,6,9,18-23H2,2H3,(H,40,44). The maximum Gasteiger partial charge on any atom is 0.471 e. The van der Waals surface area contributed by atoms with E-state index in [1.165, 1.54) is 0 Å². The molecule has 2 amide bonds. The van der Waals surface area contributed by atoms with Gasteiger partial charge in [-0.3, -0.25) is 9.59 Å². The molecule has 2 N–H and O–H groups in total. The molecule has 2 aliphatic rings. The van der Waals surface area contributed by atoms with Gasteiger partial charge in [-0.2, -0.15) is 13.2 Å². The van der Waals surface area contributed by atoms with E-state index in [1.807, 2.05) is 85.9 Å². The first kappa shape index (κ1) is 34.3. The third-order valence-corrected chi connectivity index (χ3v) is 8.59. The van der Waals surface area contributed by atoms with E-state index >= 15 is 0 Å². The van der Waals surface area contributed by atoms with Gasteiger partial charge < -0.3 is 29.7 Å². The number of rotatable bonds is 11. The van der Waals surface area contributed by atoms with Crippen molar-refractivity contribution >= 4 is 11.8 Å². The largest absolute Gasteiger partial charge is 0.471 e. The van der Waals surface area contributed by atoms with Crippen LogP contribution in [-0.4, -0.2) is 71.7 Å². The van der Waals surface area contributed by atoms with E-state index in [0.717, 1.165) is 39.9 Å². The average Bonchev–Trinajstić information content (AvgIpc) is 3.57. The van der Waals surface area contributed by atoms with Gasteiger partial charge in [0.1, 0.15) is 6.04 Å². The molecule has 11 heteroatoms. The molecular formula is C36H40F3N3O5. The van der Waals surface area contributed by atoms with Crippen molar-refractivity contribution in [3.63, 3.8) is 0 Å². The molecule has 0 aliphatic carbocycles. The van der Waals surface area contributed by atoms with Gasteiger partial charge in [0, 0.05) is 38.2 Å². The number of nitrogens with zero attached hydrogens (tertiary/aromatic N) is 2. The Labute approximate surface area is 272 Å². The van der Waals surface area contributed by atoms with Crippen LogP contribution in [-0.2, 0) is 32.2 Å². The summed E-state index contributed by atoms with van der Waals surface area (Å²) in [4.78, 5) is 27.5. The van der Waals surface area contributed by atoms with Crippen LogP contribution in [0.25, 0.3) is 11.1 Å². The number of likely N-dealkylation sites (tertiary alicyclic amines) is 1. The number of benzene rings is 3. The summed E-state index contributed by atoms with van der Waals surface area (Å²) in [5.41, 5.74) is 5.17. The van der Waals surface area contributed by atoms with Gasteiger partial charge in [-0.05, 0) is 47.7 Å². The molecule has 250 valence electrons. The fraction of sp³-hybridized carbons (Fsp3) is 0.389. The lowest BCUT2D eigenvalue weighted by Crippen LogP contribution is -2.50. The van der Waals surface area contributed by atoms with E-state index in [4.69, 9.17) is 9.47 Å². The average molecular weight is 652 g/mol. The molecule has 2 aliphatic heterocycles. The molecule has 2 heterocycles. The normalized spacial score (nSPS) is 21.5. The van der Waals surface area contributed by atoms with Crippen LogP contribution in [0.4, 0.5) is 13.2 Å². The Morgan fingerprint density at radius 2 is 1.74 bits per heavy atom. The van der Waals surface area contributed by atoms with Crippen LogP contribution in [0.5, 0.6) is 0 Å². The molecule has 0 radical (unpaired) electrons. The molecule has 5 rings (SSSR count). The molecule has 2 fully saturated rings. The van der Waals surface area contributed by atoms with Crippen LogP contribution in [0.15, 0.2) is 85.5 Å². The molecule has 47 heavy (non-hydrogen) atoms. The third kappa shape index (κ3) is 8.47. The monoisotopic (exact) mass is 651 g/mol. The fourth-order valence-electron chi connectivity index (χ4n) is 6.20. The highest BCUT2D eigenvalue weighted by atomic mass is 19.4. The number of nitrogens with one attached hydrogen (secondary N) is 1. The van der Waals surface area contributed by atoms with Crippen molar-refractivity contribution in [2.75, 3.05) is 26.7 Å². The van der Waals surface area contributed by atoms with Gasteiger partial charge in [0.2, 0.25) is 5.91 Å². The maximum absolute atomic E-state index is 13.0. The van der Waals surface area contributed by atoms with Crippen molar-refractivity contribution in [2.24, 2.45) is 0 Å². The first-order chi connectivity index (χ1) is 22.6. The smallest absolute Gasteiger partial charge is 0.392 e. The highest BCUT2D eigenvalue weighted by molar-refractivity contribution is 5.90. The minimum absolute atomic E-state index is 0.0313. The summed E-state index contributed by atoms with van der Waals surface area (Å²) in [7, 11) is 2.01. The Hall–Kier alpha value is -4.03. The third-order valence-electron chi connectivity index (χ3n) is 8.59. The van der Waals surface area contributed by atoms with Crippen LogP contribution in [0, 0.1) is 0 Å². The summed E-state index contributed by atoms with van der Waals surface area (Å²) in [5, 5.41) is 12.2. The van der Waals surface area contributed by atoms with E-state index in [1.54, 1.807) is 0 Å². The zero-order chi connectivity index (χ0) is 33.6. The van der Waals surface area contributed by atoms with Crippen molar-refractivity contribution in [3.8, 4) is 11.1 Å². The number of hydrogen-bond acceptors (Lipinski definition) is 6. The molecule has 2 saturated heterocycles. The number of amides is 2. The maximum atomic E-state index is 13.0. The molecule has 0 aromatic heterocycles. The quantitative estimate of drug-likeness (QED) is 0.260. The van der Waals surface area contributed by atoms with Gasteiger partial charge in [-0.1, -0.05) is 78.9 Å². The van der Waals surface area contributed by atoms with Crippen molar-refractivity contribution in [3.05, 3.63) is 108 Å². The lowest BCUT2D eigenvalue weighted by molar-refractivity contribution is -0.252. The van der Waals surface area contributed by atoms with Gasteiger partial charge >= 0.3 is 12.1 Å². The van der Waals surface area contributed by atoms with E-state index in [0.29, 0.717) is 24.3 Å². The summed E-state index contributed by atoms with van der Waals surface area (Å²) in [6.07, 6.45) is -2.93. The van der Waals surface area contributed by atoms with Gasteiger partial charge in [-0.25, -0.2) is 0 Å². The Kier molecular flexibility index (Phi) is 11.1. The lowest BCUT2D eigenvalue weighted by atomic mass is 9.97. The van der Waals surface area contributed by atoms with Crippen molar-refractivity contribution in [2.45, 2.75) is 63.1 Å². The van der Waals surface area contributed by atoms with Gasteiger partial charge in [-0.15, -0.1) is 6.58 Å². The Morgan fingerprint density at radius 1 is 1.04 bits per heavy atom. The minimum atomic E-state index is -5.02. The second kappa shape index (κ2) is 15.2. The predicted molar refractivity (Wildman–Crippen MR) is 171 cm³/mol. The highest BCUT2D eigenvalue weighted by Gasteiger charge is 2.47. The zero-order valence-electron chi connectivity index (χ0n) is 26.3. The zero-order valence-corrected chi connectivity index (χ0v) is 26.3. The topological polar surface area (TPSA) is 91.3 Å². The van der Waals surface area contributed by atoms with E-state index < -0.39 is 30.3 Å².